The van der Waals surface area contributed by atoms with Gasteiger partial charge in [-0.2, -0.15) is 0 Å². The molecule has 3 N–H and O–H groups in total. The van der Waals surface area contributed by atoms with Gasteiger partial charge in [-0.1, -0.05) is 6.92 Å². The second-order valence-electron chi connectivity index (χ2n) is 4.47. The Hall–Kier alpha value is -0.730. The molecule has 2 aliphatic rings. The predicted molar refractivity (Wildman–Crippen MR) is 54.6 cm³/mol. The highest BCUT2D eigenvalue weighted by Gasteiger charge is 2.40. The number of aliphatic imine (C=N–C) groups is 1. The van der Waals surface area contributed by atoms with Crippen molar-refractivity contribution in [3.63, 3.8) is 0 Å². The summed E-state index contributed by atoms with van der Waals surface area (Å²) in [7, 11) is 0. The van der Waals surface area contributed by atoms with Crippen molar-refractivity contribution in [1.29, 1.82) is 0 Å². The molecule has 0 unspecified atom stereocenters. The summed E-state index contributed by atoms with van der Waals surface area (Å²) < 4.78 is 0. The predicted octanol–water partition coefficient (Wildman–Crippen LogP) is 1.24. The monoisotopic (exact) mass is 181 g/mol. The number of nitrogens with two attached hydrogens (primary N) is 1. The second kappa shape index (κ2) is 3.20. The van der Waals surface area contributed by atoms with Gasteiger partial charge >= 0.3 is 0 Å². The fourth-order valence-electron chi connectivity index (χ4n) is 1.54. The SMILES string of the molecule is CCC1(CN=C(N)NC2CC2)CC1. The Kier molecular flexibility index (Phi) is 2.18. The molecule has 0 atom stereocenters. The van der Waals surface area contributed by atoms with Crippen molar-refractivity contribution in [3.8, 4) is 0 Å². The van der Waals surface area contributed by atoms with Crippen LogP contribution < -0.4 is 11.1 Å². The van der Waals surface area contributed by atoms with Gasteiger partial charge in [0.1, 0.15) is 0 Å². The van der Waals surface area contributed by atoms with Crippen molar-refractivity contribution in [2.24, 2.45) is 16.1 Å². The lowest BCUT2D eigenvalue weighted by molar-refractivity contribution is 0.505. The van der Waals surface area contributed by atoms with E-state index >= 15 is 0 Å². The zero-order valence-corrected chi connectivity index (χ0v) is 8.34. The van der Waals surface area contributed by atoms with E-state index in [1.165, 1.54) is 32.1 Å². The Morgan fingerprint density at radius 3 is 2.69 bits per heavy atom. The quantitative estimate of drug-likeness (QED) is 0.506. The van der Waals surface area contributed by atoms with Crippen molar-refractivity contribution in [1.82, 2.24) is 5.32 Å². The molecule has 2 saturated carbocycles. The van der Waals surface area contributed by atoms with Crippen LogP contribution in [0.4, 0.5) is 0 Å². The van der Waals surface area contributed by atoms with Gasteiger partial charge in [0.2, 0.25) is 0 Å². The average molecular weight is 181 g/mol. The van der Waals surface area contributed by atoms with E-state index in [4.69, 9.17) is 5.73 Å². The largest absolute Gasteiger partial charge is 0.370 e. The van der Waals surface area contributed by atoms with E-state index in [1.54, 1.807) is 0 Å². The molecule has 0 aromatic carbocycles. The number of rotatable bonds is 4. The normalized spacial score (nSPS) is 25.8. The van der Waals surface area contributed by atoms with Gasteiger partial charge < -0.3 is 11.1 Å². The molecule has 0 radical (unpaired) electrons. The van der Waals surface area contributed by atoms with Crippen LogP contribution in [0.2, 0.25) is 0 Å². The first-order valence-electron chi connectivity index (χ1n) is 5.31. The molecule has 0 amide bonds. The molecule has 13 heavy (non-hydrogen) atoms. The molecule has 2 aliphatic carbocycles. The molecule has 0 aromatic heterocycles. The van der Waals surface area contributed by atoms with E-state index < -0.39 is 0 Å². The van der Waals surface area contributed by atoms with Crippen LogP contribution in [0.1, 0.15) is 39.0 Å². The second-order valence-corrected chi connectivity index (χ2v) is 4.47. The van der Waals surface area contributed by atoms with Gasteiger partial charge in [0.05, 0.1) is 0 Å². The molecular formula is C10H19N3. The van der Waals surface area contributed by atoms with Gasteiger partial charge in [-0.15, -0.1) is 0 Å². The Morgan fingerprint density at radius 2 is 2.23 bits per heavy atom. The summed E-state index contributed by atoms with van der Waals surface area (Å²) >= 11 is 0. The molecule has 74 valence electrons. The lowest BCUT2D eigenvalue weighted by Crippen LogP contribution is -2.33. The van der Waals surface area contributed by atoms with Gasteiger partial charge in [-0.3, -0.25) is 4.99 Å². The van der Waals surface area contributed by atoms with Crippen molar-refractivity contribution >= 4 is 5.96 Å². The first-order valence-corrected chi connectivity index (χ1v) is 5.31. The van der Waals surface area contributed by atoms with Crippen LogP contribution in [0.3, 0.4) is 0 Å². The molecule has 0 heterocycles. The Balaban J connectivity index is 1.74. The maximum absolute atomic E-state index is 5.74. The summed E-state index contributed by atoms with van der Waals surface area (Å²) in [6.45, 7) is 3.17. The number of guanidine groups is 1. The Bertz CT molecular complexity index is 214. The number of hydrogen-bond donors (Lipinski definition) is 2. The Morgan fingerprint density at radius 1 is 1.54 bits per heavy atom. The molecule has 3 heteroatoms. The summed E-state index contributed by atoms with van der Waals surface area (Å²) in [6.07, 6.45) is 6.44. The molecule has 0 bridgehead atoms. The van der Waals surface area contributed by atoms with Gasteiger partial charge in [0.25, 0.3) is 0 Å². The summed E-state index contributed by atoms with van der Waals surface area (Å²) in [4.78, 5) is 4.39. The Labute approximate surface area is 79.8 Å². The van der Waals surface area contributed by atoms with E-state index in [2.05, 4.69) is 17.2 Å². The fraction of sp³-hybridized carbons (Fsp3) is 0.900. The lowest BCUT2D eigenvalue weighted by atomic mass is 10.1. The molecule has 0 aromatic rings. The smallest absolute Gasteiger partial charge is 0.188 e. The number of nitrogens with zero attached hydrogens (tertiary/aromatic N) is 1. The maximum atomic E-state index is 5.74. The van der Waals surface area contributed by atoms with Gasteiger partial charge in [-0.05, 0) is 37.5 Å². The maximum Gasteiger partial charge on any atom is 0.188 e. The van der Waals surface area contributed by atoms with E-state index in [-0.39, 0.29) is 0 Å². The summed E-state index contributed by atoms with van der Waals surface area (Å²) in [6, 6.07) is 0.625. The van der Waals surface area contributed by atoms with Crippen molar-refractivity contribution in [3.05, 3.63) is 0 Å². The molecule has 0 saturated heterocycles. The minimum absolute atomic E-state index is 0.524. The third-order valence-electron chi connectivity index (χ3n) is 3.22. The number of hydrogen-bond acceptors (Lipinski definition) is 1. The van der Waals surface area contributed by atoms with Crippen molar-refractivity contribution in [2.45, 2.75) is 45.1 Å². The standard InChI is InChI=1S/C10H19N3/c1-2-10(5-6-10)7-12-9(11)13-8-3-4-8/h8H,2-7H2,1H3,(H3,11,12,13). The zero-order chi connectivity index (χ0) is 9.31. The van der Waals surface area contributed by atoms with Crippen LogP contribution in [-0.4, -0.2) is 18.5 Å². The minimum atomic E-state index is 0.524. The highest BCUT2D eigenvalue weighted by atomic mass is 15.1. The van der Waals surface area contributed by atoms with Crippen LogP contribution in [-0.2, 0) is 0 Å². The molecule has 3 nitrogen and oxygen atoms in total. The summed E-state index contributed by atoms with van der Waals surface area (Å²) in [5.41, 5.74) is 6.27. The van der Waals surface area contributed by atoms with E-state index in [1.807, 2.05) is 0 Å². The van der Waals surface area contributed by atoms with Crippen LogP contribution in [0, 0.1) is 5.41 Å². The molecule has 0 aliphatic heterocycles. The number of nitrogens with one attached hydrogen (secondary N) is 1. The highest BCUT2D eigenvalue weighted by molar-refractivity contribution is 5.78. The molecule has 0 spiro atoms. The van der Waals surface area contributed by atoms with Crippen molar-refractivity contribution < 1.29 is 0 Å². The van der Waals surface area contributed by atoms with E-state index in [9.17, 15) is 0 Å². The van der Waals surface area contributed by atoms with Crippen LogP contribution in [0.15, 0.2) is 4.99 Å². The van der Waals surface area contributed by atoms with Gasteiger partial charge in [0, 0.05) is 12.6 Å². The third kappa shape index (κ3) is 2.36. The van der Waals surface area contributed by atoms with Gasteiger partial charge in [-0.25, -0.2) is 0 Å². The van der Waals surface area contributed by atoms with E-state index in [0.29, 0.717) is 17.4 Å². The summed E-state index contributed by atoms with van der Waals surface area (Å²) in [5.74, 6) is 0.655. The summed E-state index contributed by atoms with van der Waals surface area (Å²) in [5, 5.41) is 3.21. The molecule has 2 rings (SSSR count). The van der Waals surface area contributed by atoms with Gasteiger partial charge in [0.15, 0.2) is 5.96 Å². The molecule has 2 fully saturated rings. The van der Waals surface area contributed by atoms with Crippen LogP contribution in [0.5, 0.6) is 0 Å². The molecular weight excluding hydrogens is 162 g/mol. The minimum Gasteiger partial charge on any atom is -0.370 e. The topological polar surface area (TPSA) is 50.4 Å². The highest BCUT2D eigenvalue weighted by Crippen LogP contribution is 2.48. The first-order chi connectivity index (χ1) is 6.24. The van der Waals surface area contributed by atoms with Crippen LogP contribution in [0.25, 0.3) is 0 Å². The van der Waals surface area contributed by atoms with Crippen LogP contribution >= 0.6 is 0 Å². The van der Waals surface area contributed by atoms with E-state index in [0.717, 1.165) is 6.54 Å². The fourth-order valence-corrected chi connectivity index (χ4v) is 1.54. The average Bonchev–Trinajstić information content (AvgIpc) is 2.98. The zero-order valence-electron chi connectivity index (χ0n) is 8.34. The third-order valence-corrected chi connectivity index (χ3v) is 3.22. The van der Waals surface area contributed by atoms with Crippen molar-refractivity contribution in [2.75, 3.05) is 6.54 Å². The first kappa shape index (κ1) is 8.85. The lowest BCUT2D eigenvalue weighted by Gasteiger charge is -2.09.